The third-order valence-electron chi connectivity index (χ3n) is 2.88. The Morgan fingerprint density at radius 1 is 0.808 bits per heavy atom. The minimum atomic E-state index is -0.124. The summed E-state index contributed by atoms with van der Waals surface area (Å²) in [5.41, 5.74) is 1.82. The van der Waals surface area contributed by atoms with Crippen LogP contribution >= 0.6 is 0 Å². The molecule has 0 fully saturated rings. The van der Waals surface area contributed by atoms with Gasteiger partial charge in [-0.15, -0.1) is 0 Å². The molecule has 0 aliphatic heterocycles. The fourth-order valence-electron chi connectivity index (χ4n) is 1.92. The van der Waals surface area contributed by atoms with E-state index in [9.17, 15) is 4.39 Å². The van der Waals surface area contributed by atoms with Gasteiger partial charge in [0.1, 0.15) is 5.82 Å². The number of rotatable bonds is 4. The molecule has 0 saturated carbocycles. The highest BCUT2D eigenvalue weighted by molar-refractivity contribution is 5.22. The van der Waals surface area contributed by atoms with Crippen LogP contribution in [0, 0.1) is 31.5 Å². The van der Waals surface area contributed by atoms with E-state index in [1.54, 1.807) is 13.0 Å². The second kappa shape index (κ2) is 26.4. The van der Waals surface area contributed by atoms with Gasteiger partial charge in [0.25, 0.3) is 0 Å². The molecule has 0 bridgehead atoms. The van der Waals surface area contributed by atoms with Crippen molar-refractivity contribution in [1.82, 2.24) is 0 Å². The quantitative estimate of drug-likeness (QED) is 0.494. The molecule has 26 heavy (non-hydrogen) atoms. The average Bonchev–Trinajstić information content (AvgIpc) is 2.55. The maximum Gasteiger partial charge on any atom is 0.126 e. The van der Waals surface area contributed by atoms with Crippen LogP contribution in [0.5, 0.6) is 0 Å². The number of benzene rings is 1. The van der Waals surface area contributed by atoms with E-state index in [0.29, 0.717) is 0 Å². The molecule has 0 saturated heterocycles. The Balaban J connectivity index is -0.000000130. The van der Waals surface area contributed by atoms with Gasteiger partial charge in [0, 0.05) is 0 Å². The zero-order valence-electron chi connectivity index (χ0n) is 20.3. The van der Waals surface area contributed by atoms with Gasteiger partial charge in [-0.3, -0.25) is 0 Å². The van der Waals surface area contributed by atoms with E-state index in [1.165, 1.54) is 38.2 Å². The molecule has 1 aromatic carbocycles. The van der Waals surface area contributed by atoms with Crippen LogP contribution < -0.4 is 0 Å². The largest absolute Gasteiger partial charge is 0.207 e. The molecule has 0 aliphatic rings. The lowest BCUT2D eigenvalue weighted by Crippen LogP contribution is -1.91. The van der Waals surface area contributed by atoms with Crippen LogP contribution in [0.3, 0.4) is 0 Å². The highest BCUT2D eigenvalue weighted by Crippen LogP contribution is 2.10. The minimum Gasteiger partial charge on any atom is -0.207 e. The van der Waals surface area contributed by atoms with Crippen LogP contribution in [0.4, 0.5) is 4.39 Å². The predicted molar refractivity (Wildman–Crippen MR) is 123 cm³/mol. The van der Waals surface area contributed by atoms with Crippen molar-refractivity contribution >= 4 is 0 Å². The highest BCUT2D eigenvalue weighted by atomic mass is 19.1. The van der Waals surface area contributed by atoms with Crippen molar-refractivity contribution in [3.8, 4) is 0 Å². The fraction of sp³-hybridized carbons (Fsp3) is 0.760. The van der Waals surface area contributed by atoms with E-state index in [4.69, 9.17) is 0 Å². The zero-order chi connectivity index (χ0) is 21.5. The van der Waals surface area contributed by atoms with Crippen LogP contribution in [-0.4, -0.2) is 0 Å². The van der Waals surface area contributed by atoms with E-state index in [1.807, 2.05) is 26.8 Å². The molecule has 0 amide bonds. The Bertz CT molecular complexity index is 346. The Labute approximate surface area is 167 Å². The van der Waals surface area contributed by atoms with E-state index in [2.05, 4.69) is 55.4 Å². The average molecular weight is 371 g/mol. The molecule has 0 heterocycles. The van der Waals surface area contributed by atoms with Crippen LogP contribution in [0.15, 0.2) is 18.2 Å². The third-order valence-corrected chi connectivity index (χ3v) is 2.88. The molecule has 0 N–H and O–H groups in total. The lowest BCUT2D eigenvalue weighted by Gasteiger charge is -2.05. The molecule has 1 rings (SSSR count). The lowest BCUT2D eigenvalue weighted by molar-refractivity contribution is 0.480. The van der Waals surface area contributed by atoms with Crippen molar-refractivity contribution in [2.75, 3.05) is 0 Å². The molecule has 1 heteroatoms. The molecular weight excluding hydrogens is 319 g/mol. The molecule has 0 atom stereocenters. The van der Waals surface area contributed by atoms with Gasteiger partial charge >= 0.3 is 0 Å². The second-order valence-corrected chi connectivity index (χ2v) is 7.37. The van der Waals surface area contributed by atoms with Gasteiger partial charge in [0.15, 0.2) is 0 Å². The standard InChI is InChI=1S/C8H9F.C8H18.C4H10.C3H8.C2H6/c1-6-3-4-8(9)7(2)5-6;1-4-6-8(3)7-5-2;1-4(2)3;1-3-2;1-2/h3-5H,1-2H3;8H,4-7H2,1-3H3;4H,1-3H3;3H2,1-2H3;1-2H3. The van der Waals surface area contributed by atoms with Gasteiger partial charge in [-0.2, -0.15) is 0 Å². The summed E-state index contributed by atoms with van der Waals surface area (Å²) in [4.78, 5) is 0. The third kappa shape index (κ3) is 34.5. The zero-order valence-corrected chi connectivity index (χ0v) is 20.3. The molecule has 0 spiro atoms. The van der Waals surface area contributed by atoms with Crippen LogP contribution in [0.2, 0.25) is 0 Å². The van der Waals surface area contributed by atoms with Crippen molar-refractivity contribution in [3.63, 3.8) is 0 Å². The SMILES string of the molecule is CC.CC(C)C.CCC.CCCC(C)CCC.Cc1ccc(F)c(C)c1. The van der Waals surface area contributed by atoms with Crippen molar-refractivity contribution < 1.29 is 4.39 Å². The fourth-order valence-corrected chi connectivity index (χ4v) is 1.92. The monoisotopic (exact) mass is 370 g/mol. The highest BCUT2D eigenvalue weighted by Gasteiger charge is 1.95. The van der Waals surface area contributed by atoms with Crippen LogP contribution in [-0.2, 0) is 0 Å². The van der Waals surface area contributed by atoms with Gasteiger partial charge in [-0.25, -0.2) is 4.39 Å². The smallest absolute Gasteiger partial charge is 0.126 e. The summed E-state index contributed by atoms with van der Waals surface area (Å²) in [6, 6.07) is 5.09. The molecule has 1 aromatic rings. The van der Waals surface area contributed by atoms with Crippen molar-refractivity contribution in [1.29, 1.82) is 0 Å². The summed E-state index contributed by atoms with van der Waals surface area (Å²) in [7, 11) is 0. The predicted octanol–water partition coefficient (Wildman–Crippen LogP) is 9.77. The maximum absolute atomic E-state index is 12.5. The maximum atomic E-state index is 12.5. The summed E-state index contributed by atoms with van der Waals surface area (Å²) in [5.74, 6) is 1.67. The molecule has 0 radical (unpaired) electrons. The van der Waals surface area contributed by atoms with Crippen molar-refractivity contribution in [3.05, 3.63) is 35.1 Å². The number of aryl methyl sites for hydroxylation is 2. The summed E-state index contributed by atoms with van der Waals surface area (Å²) in [6.45, 7) is 25.3. The van der Waals surface area contributed by atoms with Gasteiger partial charge in [-0.05, 0) is 37.3 Å². The summed E-state index contributed by atoms with van der Waals surface area (Å²) >= 11 is 0. The molecule has 0 nitrogen and oxygen atoms in total. The first-order valence-electron chi connectivity index (χ1n) is 10.9. The molecule has 0 unspecified atom stereocenters. The number of halogens is 1. The molecule has 158 valence electrons. The lowest BCUT2D eigenvalue weighted by atomic mass is 10.0. The van der Waals surface area contributed by atoms with Crippen molar-refractivity contribution in [2.45, 2.75) is 115 Å². The number of hydrogen-bond acceptors (Lipinski definition) is 0. The summed E-state index contributed by atoms with van der Waals surface area (Å²) < 4.78 is 12.5. The Morgan fingerprint density at radius 2 is 1.15 bits per heavy atom. The van der Waals surface area contributed by atoms with Gasteiger partial charge in [0.2, 0.25) is 0 Å². The summed E-state index contributed by atoms with van der Waals surface area (Å²) in [6.07, 6.45) is 6.77. The molecular formula is C25H51F. The first kappa shape index (κ1) is 32.8. The topological polar surface area (TPSA) is 0 Å². The Morgan fingerprint density at radius 3 is 1.38 bits per heavy atom. The molecule has 0 aliphatic carbocycles. The van der Waals surface area contributed by atoms with Gasteiger partial charge in [-0.1, -0.05) is 119 Å². The Kier molecular flexibility index (Phi) is 33.3. The van der Waals surface area contributed by atoms with Gasteiger partial charge in [0.05, 0.1) is 0 Å². The van der Waals surface area contributed by atoms with E-state index < -0.39 is 0 Å². The molecule has 0 aromatic heterocycles. The van der Waals surface area contributed by atoms with Gasteiger partial charge < -0.3 is 0 Å². The first-order valence-corrected chi connectivity index (χ1v) is 10.9. The van der Waals surface area contributed by atoms with Crippen LogP contribution in [0.1, 0.15) is 112 Å². The minimum absolute atomic E-state index is 0.124. The second-order valence-electron chi connectivity index (χ2n) is 7.37. The van der Waals surface area contributed by atoms with E-state index >= 15 is 0 Å². The van der Waals surface area contributed by atoms with Crippen LogP contribution in [0.25, 0.3) is 0 Å². The number of hydrogen-bond donors (Lipinski definition) is 0. The normalized spacial score (nSPS) is 8.88. The summed E-state index contributed by atoms with van der Waals surface area (Å²) in [5, 5.41) is 0. The van der Waals surface area contributed by atoms with Crippen molar-refractivity contribution in [2.24, 2.45) is 11.8 Å². The van der Waals surface area contributed by atoms with E-state index in [-0.39, 0.29) is 5.82 Å². The van der Waals surface area contributed by atoms with E-state index in [0.717, 1.165) is 23.0 Å². The first-order chi connectivity index (χ1) is 12.2. The Hall–Kier alpha value is -0.850.